The minimum atomic E-state index is 0. The van der Waals surface area contributed by atoms with Crippen LogP contribution in [0.2, 0.25) is 0 Å². The molecule has 1 aromatic carbocycles. The fourth-order valence-corrected chi connectivity index (χ4v) is 3.50. The molecule has 1 fully saturated rings. The largest absolute Gasteiger partial charge is 0.339 e. The van der Waals surface area contributed by atoms with Gasteiger partial charge in [0.05, 0.1) is 5.56 Å². The summed E-state index contributed by atoms with van der Waals surface area (Å²) in [6.45, 7) is 6.07. The van der Waals surface area contributed by atoms with Crippen LogP contribution in [0.4, 0.5) is 0 Å². The molecule has 1 amide bonds. The van der Waals surface area contributed by atoms with Gasteiger partial charge in [0, 0.05) is 30.2 Å². The molecule has 1 aliphatic rings. The standard InChI is InChI=1S/C19H25N3O.ClH/c1-14-13-18(15(2)22(14)17-7-5-4-6-8-17)19(23)21(3)16-9-11-20-12-10-16;/h4-8,13,16,20H,9-12H2,1-3H3;1H. The van der Waals surface area contributed by atoms with E-state index in [4.69, 9.17) is 0 Å². The summed E-state index contributed by atoms with van der Waals surface area (Å²) in [7, 11) is 1.94. The average molecular weight is 348 g/mol. The van der Waals surface area contributed by atoms with Gasteiger partial charge in [-0.25, -0.2) is 0 Å². The van der Waals surface area contributed by atoms with Gasteiger partial charge in [0.2, 0.25) is 0 Å². The Kier molecular flexibility index (Phi) is 6.08. The monoisotopic (exact) mass is 347 g/mol. The number of piperidine rings is 1. The summed E-state index contributed by atoms with van der Waals surface area (Å²) < 4.78 is 2.16. The van der Waals surface area contributed by atoms with Crippen LogP contribution >= 0.6 is 12.4 Å². The number of aryl methyl sites for hydroxylation is 1. The van der Waals surface area contributed by atoms with E-state index in [1.54, 1.807) is 0 Å². The fraction of sp³-hybridized carbons (Fsp3) is 0.421. The first-order chi connectivity index (χ1) is 11.1. The molecule has 5 heteroatoms. The molecular weight excluding hydrogens is 322 g/mol. The summed E-state index contributed by atoms with van der Waals surface area (Å²) in [6.07, 6.45) is 2.05. The van der Waals surface area contributed by atoms with Gasteiger partial charge in [-0.15, -0.1) is 12.4 Å². The zero-order chi connectivity index (χ0) is 16.4. The highest BCUT2D eigenvalue weighted by Crippen LogP contribution is 2.23. The maximum absolute atomic E-state index is 13.0. The van der Waals surface area contributed by atoms with E-state index in [-0.39, 0.29) is 18.3 Å². The Morgan fingerprint density at radius 2 is 1.79 bits per heavy atom. The molecule has 1 saturated heterocycles. The molecular formula is C19H26ClN3O. The molecule has 0 radical (unpaired) electrons. The highest BCUT2D eigenvalue weighted by Gasteiger charge is 2.25. The van der Waals surface area contributed by atoms with Crippen LogP contribution in [0.3, 0.4) is 0 Å². The van der Waals surface area contributed by atoms with E-state index in [1.807, 2.05) is 43.1 Å². The Labute approximate surface area is 150 Å². The molecule has 1 N–H and O–H groups in total. The number of hydrogen-bond acceptors (Lipinski definition) is 2. The number of carbonyl (C=O) groups excluding carboxylic acids is 1. The number of benzene rings is 1. The Morgan fingerprint density at radius 3 is 2.42 bits per heavy atom. The van der Waals surface area contributed by atoms with E-state index in [0.717, 1.165) is 48.6 Å². The Balaban J connectivity index is 0.00000208. The normalized spacial score (nSPS) is 15.0. The van der Waals surface area contributed by atoms with Crippen molar-refractivity contribution >= 4 is 18.3 Å². The number of hydrogen-bond donors (Lipinski definition) is 1. The molecule has 0 atom stereocenters. The van der Waals surface area contributed by atoms with Gasteiger partial charge in [0.1, 0.15) is 0 Å². The van der Waals surface area contributed by atoms with Gasteiger partial charge in [0.25, 0.3) is 5.91 Å². The smallest absolute Gasteiger partial charge is 0.255 e. The van der Waals surface area contributed by atoms with Crippen molar-refractivity contribution in [2.24, 2.45) is 0 Å². The lowest BCUT2D eigenvalue weighted by Crippen LogP contribution is -2.44. The lowest BCUT2D eigenvalue weighted by Gasteiger charge is -2.31. The van der Waals surface area contributed by atoms with Gasteiger partial charge in [-0.05, 0) is 58.0 Å². The second-order valence-electron chi connectivity index (χ2n) is 6.35. The van der Waals surface area contributed by atoms with Crippen molar-refractivity contribution in [2.45, 2.75) is 32.7 Å². The van der Waals surface area contributed by atoms with Gasteiger partial charge in [-0.2, -0.15) is 0 Å². The average Bonchev–Trinajstić information content (AvgIpc) is 2.89. The minimum Gasteiger partial charge on any atom is -0.339 e. The molecule has 0 saturated carbocycles. The van der Waals surface area contributed by atoms with Gasteiger partial charge >= 0.3 is 0 Å². The zero-order valence-electron chi connectivity index (χ0n) is 14.6. The molecule has 1 aliphatic heterocycles. The predicted octanol–water partition coefficient (Wildman–Crippen LogP) is 3.34. The molecule has 1 aromatic heterocycles. The zero-order valence-corrected chi connectivity index (χ0v) is 15.4. The van der Waals surface area contributed by atoms with E-state index in [2.05, 4.69) is 28.9 Å². The minimum absolute atomic E-state index is 0. The predicted molar refractivity (Wildman–Crippen MR) is 100 cm³/mol. The van der Waals surface area contributed by atoms with Crippen molar-refractivity contribution in [3.8, 4) is 5.69 Å². The third-order valence-electron chi connectivity index (χ3n) is 4.85. The molecule has 4 nitrogen and oxygen atoms in total. The maximum Gasteiger partial charge on any atom is 0.255 e. The van der Waals surface area contributed by atoms with Crippen LogP contribution in [0.1, 0.15) is 34.6 Å². The molecule has 0 spiro atoms. The van der Waals surface area contributed by atoms with Crippen molar-refractivity contribution in [1.82, 2.24) is 14.8 Å². The molecule has 0 unspecified atom stereocenters. The first-order valence-electron chi connectivity index (χ1n) is 8.32. The van der Waals surface area contributed by atoms with Crippen LogP contribution in [0.25, 0.3) is 5.69 Å². The quantitative estimate of drug-likeness (QED) is 0.924. The number of amides is 1. The second-order valence-corrected chi connectivity index (χ2v) is 6.35. The molecule has 3 rings (SSSR count). The van der Waals surface area contributed by atoms with Gasteiger partial charge < -0.3 is 14.8 Å². The summed E-state index contributed by atoms with van der Waals surface area (Å²) in [5.41, 5.74) is 4.02. The lowest BCUT2D eigenvalue weighted by molar-refractivity contribution is 0.0702. The van der Waals surface area contributed by atoms with Crippen LogP contribution in [0.5, 0.6) is 0 Å². The topological polar surface area (TPSA) is 37.3 Å². The fourth-order valence-electron chi connectivity index (χ4n) is 3.50. The Bertz CT molecular complexity index is 690. The van der Waals surface area contributed by atoms with Crippen LogP contribution in [0, 0.1) is 13.8 Å². The number of rotatable bonds is 3. The van der Waals surface area contributed by atoms with Gasteiger partial charge in [0.15, 0.2) is 0 Å². The number of carbonyl (C=O) groups is 1. The van der Waals surface area contributed by atoms with E-state index in [0.29, 0.717) is 6.04 Å². The summed E-state index contributed by atoms with van der Waals surface area (Å²) >= 11 is 0. The number of para-hydroxylation sites is 1. The molecule has 0 aliphatic carbocycles. The van der Waals surface area contributed by atoms with Crippen LogP contribution in [-0.2, 0) is 0 Å². The first kappa shape index (κ1) is 18.6. The summed E-state index contributed by atoms with van der Waals surface area (Å²) in [4.78, 5) is 14.9. The molecule has 130 valence electrons. The van der Waals surface area contributed by atoms with Gasteiger partial charge in [-0.3, -0.25) is 4.79 Å². The highest BCUT2D eigenvalue weighted by atomic mass is 35.5. The van der Waals surface area contributed by atoms with Crippen molar-refractivity contribution in [3.63, 3.8) is 0 Å². The first-order valence-corrected chi connectivity index (χ1v) is 8.32. The number of aromatic nitrogens is 1. The van der Waals surface area contributed by atoms with Crippen molar-refractivity contribution < 1.29 is 4.79 Å². The van der Waals surface area contributed by atoms with E-state index in [1.165, 1.54) is 0 Å². The summed E-state index contributed by atoms with van der Waals surface area (Å²) in [5.74, 6) is 0.132. The number of nitrogens with one attached hydrogen (secondary N) is 1. The maximum atomic E-state index is 13.0. The second kappa shape index (κ2) is 7.86. The molecule has 2 aromatic rings. The van der Waals surface area contributed by atoms with Crippen molar-refractivity contribution in [1.29, 1.82) is 0 Å². The van der Waals surface area contributed by atoms with Crippen molar-refractivity contribution in [2.75, 3.05) is 20.1 Å². The van der Waals surface area contributed by atoms with E-state index < -0.39 is 0 Å². The SMILES string of the molecule is Cc1cc(C(=O)N(C)C2CCNCC2)c(C)n1-c1ccccc1.Cl. The van der Waals surface area contributed by atoms with Crippen molar-refractivity contribution in [3.05, 3.63) is 53.3 Å². The number of halogens is 1. The lowest BCUT2D eigenvalue weighted by atomic mass is 10.0. The molecule has 2 heterocycles. The number of nitrogens with zero attached hydrogens (tertiary/aromatic N) is 2. The van der Waals surface area contributed by atoms with E-state index >= 15 is 0 Å². The third-order valence-corrected chi connectivity index (χ3v) is 4.85. The molecule has 24 heavy (non-hydrogen) atoms. The van der Waals surface area contributed by atoms with Crippen LogP contribution < -0.4 is 5.32 Å². The van der Waals surface area contributed by atoms with Gasteiger partial charge in [-0.1, -0.05) is 18.2 Å². The summed E-state index contributed by atoms with van der Waals surface area (Å²) in [5, 5.41) is 3.35. The van der Waals surface area contributed by atoms with E-state index in [9.17, 15) is 4.79 Å². The molecule has 0 bridgehead atoms. The third kappa shape index (κ3) is 3.50. The highest BCUT2D eigenvalue weighted by molar-refractivity contribution is 5.96. The summed E-state index contributed by atoms with van der Waals surface area (Å²) in [6, 6.07) is 12.6. The Hall–Kier alpha value is -1.78. The van der Waals surface area contributed by atoms with Crippen LogP contribution in [-0.4, -0.2) is 41.6 Å². The Morgan fingerprint density at radius 1 is 1.17 bits per heavy atom. The van der Waals surface area contributed by atoms with Crippen LogP contribution in [0.15, 0.2) is 36.4 Å².